The SMILES string of the molecule is C1=CCC2=CCC=C2C1. The highest BCUT2D eigenvalue weighted by atomic mass is 14.1. The Kier molecular flexibility index (Phi) is 1.05. The van der Waals surface area contributed by atoms with Crippen LogP contribution in [0.4, 0.5) is 0 Å². The van der Waals surface area contributed by atoms with E-state index in [2.05, 4.69) is 24.3 Å². The van der Waals surface area contributed by atoms with Gasteiger partial charge in [0, 0.05) is 0 Å². The lowest BCUT2D eigenvalue weighted by Crippen LogP contribution is -1.88. The summed E-state index contributed by atoms with van der Waals surface area (Å²) in [5, 5.41) is 0. The minimum atomic E-state index is 1.17. The predicted octanol–water partition coefficient (Wildman–Crippen LogP) is 2.59. The van der Waals surface area contributed by atoms with Crippen molar-refractivity contribution in [3.05, 3.63) is 35.5 Å². The van der Waals surface area contributed by atoms with Crippen LogP contribution in [0.15, 0.2) is 35.5 Å². The summed E-state index contributed by atoms with van der Waals surface area (Å²) in [5.41, 5.74) is 3.13. The third-order valence-corrected chi connectivity index (χ3v) is 1.98. The molecule has 0 aromatic carbocycles. The van der Waals surface area contributed by atoms with Gasteiger partial charge in [-0.3, -0.25) is 0 Å². The van der Waals surface area contributed by atoms with Gasteiger partial charge in [0.2, 0.25) is 0 Å². The van der Waals surface area contributed by atoms with Crippen molar-refractivity contribution in [2.75, 3.05) is 0 Å². The molecule has 0 N–H and O–H groups in total. The Labute approximate surface area is 55.6 Å². The van der Waals surface area contributed by atoms with Crippen molar-refractivity contribution in [2.24, 2.45) is 0 Å². The van der Waals surface area contributed by atoms with Gasteiger partial charge in [0.1, 0.15) is 0 Å². The van der Waals surface area contributed by atoms with Gasteiger partial charge >= 0.3 is 0 Å². The summed E-state index contributed by atoms with van der Waals surface area (Å²) in [7, 11) is 0. The first-order valence-electron chi connectivity index (χ1n) is 3.50. The fraction of sp³-hybridized carbons (Fsp3) is 0.333. The standard InChI is InChI=1S/C9H10/c1-2-5-9-7-3-6-8(9)4-1/h1-2,6-7H,3-5H2. The number of hydrogen-bond donors (Lipinski definition) is 0. The Morgan fingerprint density at radius 2 is 1.44 bits per heavy atom. The third kappa shape index (κ3) is 0.748. The van der Waals surface area contributed by atoms with Gasteiger partial charge in [-0.1, -0.05) is 24.3 Å². The fourth-order valence-corrected chi connectivity index (χ4v) is 1.46. The average Bonchev–Trinajstić information content (AvgIpc) is 2.33. The molecule has 0 amide bonds. The summed E-state index contributed by atoms with van der Waals surface area (Å²) in [4.78, 5) is 0. The second kappa shape index (κ2) is 1.87. The molecule has 0 saturated heterocycles. The van der Waals surface area contributed by atoms with Gasteiger partial charge in [0.15, 0.2) is 0 Å². The summed E-state index contributed by atoms with van der Waals surface area (Å²) >= 11 is 0. The molecule has 0 heterocycles. The quantitative estimate of drug-likeness (QED) is 0.429. The van der Waals surface area contributed by atoms with Gasteiger partial charge in [0.25, 0.3) is 0 Å². The average molecular weight is 118 g/mol. The molecule has 2 rings (SSSR count). The molecule has 0 spiro atoms. The third-order valence-electron chi connectivity index (χ3n) is 1.98. The molecule has 0 aliphatic heterocycles. The second-order valence-corrected chi connectivity index (χ2v) is 2.57. The zero-order chi connectivity index (χ0) is 6.10. The molecule has 9 heavy (non-hydrogen) atoms. The first-order valence-corrected chi connectivity index (χ1v) is 3.50. The van der Waals surface area contributed by atoms with E-state index in [-0.39, 0.29) is 0 Å². The van der Waals surface area contributed by atoms with Crippen LogP contribution in [0, 0.1) is 0 Å². The highest BCUT2D eigenvalue weighted by molar-refractivity contribution is 5.41. The molecule has 0 nitrogen and oxygen atoms in total. The van der Waals surface area contributed by atoms with Crippen LogP contribution in [-0.2, 0) is 0 Å². The van der Waals surface area contributed by atoms with E-state index in [0.29, 0.717) is 0 Å². The van der Waals surface area contributed by atoms with Crippen molar-refractivity contribution in [1.82, 2.24) is 0 Å². The maximum Gasteiger partial charge on any atom is -0.00977 e. The van der Waals surface area contributed by atoms with Crippen LogP contribution in [-0.4, -0.2) is 0 Å². The van der Waals surface area contributed by atoms with E-state index in [0.717, 1.165) is 0 Å². The minimum Gasteiger partial charge on any atom is -0.0838 e. The normalized spacial score (nSPS) is 23.1. The molecule has 0 atom stereocenters. The van der Waals surface area contributed by atoms with E-state index in [1.807, 2.05) is 0 Å². The number of fused-ring (bicyclic) bond motifs is 1. The van der Waals surface area contributed by atoms with Crippen LogP contribution < -0.4 is 0 Å². The molecule has 0 fully saturated rings. The van der Waals surface area contributed by atoms with Crippen molar-refractivity contribution in [2.45, 2.75) is 19.3 Å². The molecule has 0 unspecified atom stereocenters. The number of allylic oxidation sites excluding steroid dienone is 6. The van der Waals surface area contributed by atoms with Crippen molar-refractivity contribution >= 4 is 0 Å². The maximum absolute atomic E-state index is 2.33. The first kappa shape index (κ1) is 5.04. The number of rotatable bonds is 0. The van der Waals surface area contributed by atoms with Crippen molar-refractivity contribution in [1.29, 1.82) is 0 Å². The smallest absolute Gasteiger partial charge is 0.00977 e. The topological polar surface area (TPSA) is 0 Å². The summed E-state index contributed by atoms with van der Waals surface area (Å²) in [6.07, 6.45) is 12.7. The van der Waals surface area contributed by atoms with E-state index in [4.69, 9.17) is 0 Å². The molecule has 46 valence electrons. The van der Waals surface area contributed by atoms with Crippen LogP contribution in [0.3, 0.4) is 0 Å². The molecule has 0 aromatic rings. The zero-order valence-electron chi connectivity index (χ0n) is 5.43. The van der Waals surface area contributed by atoms with Gasteiger partial charge in [-0.25, -0.2) is 0 Å². The Hall–Kier alpha value is -0.780. The van der Waals surface area contributed by atoms with Crippen molar-refractivity contribution in [3.63, 3.8) is 0 Å². The largest absolute Gasteiger partial charge is 0.0838 e. The molecule has 2 aliphatic carbocycles. The summed E-state index contributed by atoms with van der Waals surface area (Å²) in [6.45, 7) is 0. The fourth-order valence-electron chi connectivity index (χ4n) is 1.46. The molecule has 2 aliphatic rings. The molecule has 0 aromatic heterocycles. The van der Waals surface area contributed by atoms with Gasteiger partial charge < -0.3 is 0 Å². The first-order chi connectivity index (χ1) is 4.47. The van der Waals surface area contributed by atoms with E-state index < -0.39 is 0 Å². The summed E-state index contributed by atoms with van der Waals surface area (Å²) in [6, 6.07) is 0. The van der Waals surface area contributed by atoms with E-state index >= 15 is 0 Å². The summed E-state index contributed by atoms with van der Waals surface area (Å²) < 4.78 is 0. The van der Waals surface area contributed by atoms with E-state index in [1.54, 1.807) is 11.1 Å². The van der Waals surface area contributed by atoms with Crippen LogP contribution in [0.2, 0.25) is 0 Å². The lowest BCUT2D eigenvalue weighted by atomic mass is 9.98. The lowest BCUT2D eigenvalue weighted by Gasteiger charge is -2.07. The Morgan fingerprint density at radius 1 is 0.889 bits per heavy atom. The van der Waals surface area contributed by atoms with Crippen LogP contribution in [0.5, 0.6) is 0 Å². The molecule has 0 radical (unpaired) electrons. The maximum atomic E-state index is 2.33. The molecule has 0 bridgehead atoms. The Morgan fingerprint density at radius 3 is 2.00 bits per heavy atom. The zero-order valence-corrected chi connectivity index (χ0v) is 5.43. The van der Waals surface area contributed by atoms with Gasteiger partial charge in [-0.15, -0.1) is 0 Å². The van der Waals surface area contributed by atoms with Crippen LogP contribution in [0.25, 0.3) is 0 Å². The van der Waals surface area contributed by atoms with E-state index in [9.17, 15) is 0 Å². The van der Waals surface area contributed by atoms with E-state index in [1.165, 1.54) is 19.3 Å². The molecule has 0 heteroatoms. The highest BCUT2D eigenvalue weighted by Gasteiger charge is 2.09. The Bertz CT molecular complexity index is 182. The minimum absolute atomic E-state index is 1.17. The lowest BCUT2D eigenvalue weighted by molar-refractivity contribution is 1.10. The van der Waals surface area contributed by atoms with Crippen LogP contribution in [0.1, 0.15) is 19.3 Å². The van der Waals surface area contributed by atoms with Gasteiger partial charge in [-0.2, -0.15) is 0 Å². The van der Waals surface area contributed by atoms with Crippen LogP contribution >= 0.6 is 0 Å². The monoisotopic (exact) mass is 118 g/mol. The molecular formula is C9H10. The van der Waals surface area contributed by atoms with Gasteiger partial charge in [-0.05, 0) is 30.4 Å². The molecule has 0 saturated carbocycles. The Balaban J connectivity index is 2.35. The van der Waals surface area contributed by atoms with Crippen molar-refractivity contribution < 1.29 is 0 Å². The number of hydrogen-bond acceptors (Lipinski definition) is 0. The predicted molar refractivity (Wildman–Crippen MR) is 39.2 cm³/mol. The highest BCUT2D eigenvalue weighted by Crippen LogP contribution is 2.28. The van der Waals surface area contributed by atoms with Gasteiger partial charge in [0.05, 0.1) is 0 Å². The molecular weight excluding hydrogens is 108 g/mol. The van der Waals surface area contributed by atoms with Crippen molar-refractivity contribution in [3.8, 4) is 0 Å². The second-order valence-electron chi connectivity index (χ2n) is 2.57. The summed E-state index contributed by atoms with van der Waals surface area (Å²) in [5.74, 6) is 0.